The van der Waals surface area contributed by atoms with Gasteiger partial charge in [-0.15, -0.1) is 0 Å². The van der Waals surface area contributed by atoms with Crippen molar-refractivity contribution in [1.82, 2.24) is 16.0 Å². The average Bonchev–Trinajstić information content (AvgIpc) is 2.30. The van der Waals surface area contributed by atoms with Gasteiger partial charge in [0.15, 0.2) is 0 Å². The second-order valence-electron chi connectivity index (χ2n) is 3.17. The van der Waals surface area contributed by atoms with Gasteiger partial charge in [-0.2, -0.15) is 0 Å². The lowest BCUT2D eigenvalue weighted by atomic mass is 10.00. The Morgan fingerprint density at radius 2 is 2.29 bits per heavy atom. The predicted octanol–water partition coefficient (Wildman–Crippen LogP) is 1.43. The van der Waals surface area contributed by atoms with Crippen molar-refractivity contribution in [2.45, 2.75) is 26.7 Å². The molecule has 1 rings (SSSR count). The predicted molar refractivity (Wildman–Crippen MR) is 63.6 cm³/mol. The summed E-state index contributed by atoms with van der Waals surface area (Å²) in [4.78, 5) is 10.8. The van der Waals surface area contributed by atoms with Crippen LogP contribution >= 0.6 is 0 Å². The molecule has 0 radical (unpaired) electrons. The van der Waals surface area contributed by atoms with Crippen molar-refractivity contribution in [1.29, 1.82) is 0 Å². The van der Waals surface area contributed by atoms with Crippen molar-refractivity contribution in [3.63, 3.8) is 0 Å². The van der Waals surface area contributed by atoms with E-state index in [4.69, 9.17) is 0 Å². The molecular weight excluding hydrogens is 178 g/mol. The average molecular weight is 205 g/mol. The van der Waals surface area contributed by atoms with Crippen LogP contribution < -0.4 is 16.0 Å². The Hall–Kier alpha value is -0.770. The van der Waals surface area contributed by atoms with Crippen LogP contribution in [0.5, 0.6) is 0 Å². The minimum Gasteiger partial charge on any atom is -0.341 e. The maximum absolute atomic E-state index is 10.8. The molecule has 14 heavy (non-hydrogen) atoms. The Balaban J connectivity index is -0.000000399. The van der Waals surface area contributed by atoms with Crippen molar-refractivity contribution >= 4 is 6.03 Å². The number of carbonyl (C=O) groups excluding carboxylic acids is 1. The monoisotopic (exact) mass is 205 g/mol. The van der Waals surface area contributed by atoms with Crippen LogP contribution in [0.3, 0.4) is 0 Å². The highest BCUT2D eigenvalue weighted by atomic mass is 16.2. The summed E-state index contributed by atoms with van der Waals surface area (Å²) in [5, 5.41) is 8.65. The normalized spacial score (nSPS) is 20.4. The third-order valence-corrected chi connectivity index (χ3v) is 2.18. The Labute approximate surface area is 89.8 Å². The molecule has 0 unspecified atom stereocenters. The largest absolute Gasteiger partial charge is 0.341 e. The summed E-state index contributed by atoms with van der Waals surface area (Å²) in [7, 11) is 1.63. The van der Waals surface area contributed by atoms with E-state index in [1.165, 1.54) is 12.8 Å². The lowest BCUT2D eigenvalue weighted by Gasteiger charge is -2.22. The second kappa shape index (κ2) is 8.81. The van der Waals surface area contributed by atoms with Crippen LogP contribution in [0.1, 0.15) is 29.5 Å². The van der Waals surface area contributed by atoms with Crippen molar-refractivity contribution in [3.05, 3.63) is 0 Å². The molecule has 0 saturated carbocycles. The van der Waals surface area contributed by atoms with Crippen LogP contribution in [0.25, 0.3) is 0 Å². The standard InChI is InChI=1S/C8H17N3O.C2H6.2H2/c1-9-8(12)11-6-7-3-2-4-10-5-7;1-2;;/h7,10H,2-6H2,1H3,(H2,9,11,12);1-2H3;2*1H/t7-;;;/m0.../s1. The minimum absolute atomic E-state index is 0. The van der Waals surface area contributed by atoms with E-state index in [9.17, 15) is 4.79 Å². The van der Waals surface area contributed by atoms with E-state index < -0.39 is 0 Å². The van der Waals surface area contributed by atoms with Gasteiger partial charge >= 0.3 is 6.03 Å². The molecule has 0 spiro atoms. The van der Waals surface area contributed by atoms with Crippen LogP contribution in [-0.4, -0.2) is 32.7 Å². The van der Waals surface area contributed by atoms with Crippen molar-refractivity contribution in [2.75, 3.05) is 26.7 Å². The SMILES string of the molecule is CC.CNC(=O)NC[C@H]1CCCNC1.[HH].[HH]. The molecule has 0 aromatic heterocycles. The fraction of sp³-hybridized carbons (Fsp3) is 0.900. The zero-order chi connectivity index (χ0) is 10.8. The number of rotatable bonds is 2. The van der Waals surface area contributed by atoms with Crippen LogP contribution in [0.15, 0.2) is 0 Å². The van der Waals surface area contributed by atoms with Gasteiger partial charge in [-0.3, -0.25) is 0 Å². The quantitative estimate of drug-likeness (QED) is 0.639. The lowest BCUT2D eigenvalue weighted by molar-refractivity contribution is 0.239. The maximum atomic E-state index is 10.8. The van der Waals surface area contributed by atoms with E-state index in [0.717, 1.165) is 19.6 Å². The first kappa shape index (κ1) is 13.2. The topological polar surface area (TPSA) is 53.2 Å². The molecule has 0 bridgehead atoms. The molecule has 1 atom stereocenters. The Morgan fingerprint density at radius 1 is 1.57 bits per heavy atom. The van der Waals surface area contributed by atoms with Gasteiger partial charge in [-0.25, -0.2) is 4.79 Å². The number of piperidine rings is 1. The first-order valence-electron chi connectivity index (χ1n) is 5.49. The number of urea groups is 1. The zero-order valence-corrected chi connectivity index (χ0v) is 9.52. The summed E-state index contributed by atoms with van der Waals surface area (Å²) in [6, 6.07) is -0.0828. The van der Waals surface area contributed by atoms with E-state index in [2.05, 4.69) is 16.0 Å². The number of carbonyl (C=O) groups is 1. The highest BCUT2D eigenvalue weighted by molar-refractivity contribution is 5.73. The van der Waals surface area contributed by atoms with E-state index in [-0.39, 0.29) is 8.88 Å². The first-order chi connectivity index (χ1) is 6.83. The Kier molecular flexibility index (Phi) is 8.33. The molecule has 1 fully saturated rings. The summed E-state index contributed by atoms with van der Waals surface area (Å²) >= 11 is 0. The smallest absolute Gasteiger partial charge is 0.314 e. The van der Waals surface area contributed by atoms with Gasteiger partial charge in [-0.05, 0) is 31.8 Å². The second-order valence-corrected chi connectivity index (χ2v) is 3.17. The summed E-state index contributed by atoms with van der Waals surface area (Å²) in [6.07, 6.45) is 2.44. The number of amides is 2. The molecule has 1 saturated heterocycles. The summed E-state index contributed by atoms with van der Waals surface area (Å²) in [5.74, 6) is 0.607. The highest BCUT2D eigenvalue weighted by Gasteiger charge is 2.12. The van der Waals surface area contributed by atoms with E-state index in [0.29, 0.717) is 5.92 Å². The molecule has 1 heterocycles. The maximum Gasteiger partial charge on any atom is 0.314 e. The van der Waals surface area contributed by atoms with Crippen molar-refractivity contribution < 1.29 is 7.65 Å². The third-order valence-electron chi connectivity index (χ3n) is 2.18. The minimum atomic E-state index is -0.0828. The molecule has 0 aliphatic carbocycles. The molecule has 4 nitrogen and oxygen atoms in total. The van der Waals surface area contributed by atoms with Gasteiger partial charge in [0, 0.05) is 16.4 Å². The molecule has 0 aromatic rings. The van der Waals surface area contributed by atoms with Gasteiger partial charge in [-0.1, -0.05) is 13.8 Å². The summed E-state index contributed by atoms with van der Waals surface area (Å²) < 4.78 is 0. The van der Waals surface area contributed by atoms with Crippen LogP contribution in [-0.2, 0) is 0 Å². The zero-order valence-electron chi connectivity index (χ0n) is 9.52. The van der Waals surface area contributed by atoms with E-state index in [1.54, 1.807) is 7.05 Å². The first-order valence-corrected chi connectivity index (χ1v) is 5.49. The highest BCUT2D eigenvalue weighted by Crippen LogP contribution is 2.07. The van der Waals surface area contributed by atoms with Crippen LogP contribution in [0.4, 0.5) is 4.79 Å². The molecule has 4 heteroatoms. The number of hydrogen-bond donors (Lipinski definition) is 3. The molecule has 2 amide bonds. The molecular formula is C10H27N3O. The summed E-state index contributed by atoms with van der Waals surface area (Å²) in [5.41, 5.74) is 0. The molecule has 1 aliphatic heterocycles. The van der Waals surface area contributed by atoms with Gasteiger partial charge in [0.2, 0.25) is 0 Å². The Morgan fingerprint density at radius 3 is 2.79 bits per heavy atom. The Bertz CT molecular complexity index is 153. The fourth-order valence-corrected chi connectivity index (χ4v) is 1.42. The molecule has 3 N–H and O–H groups in total. The van der Waals surface area contributed by atoms with Gasteiger partial charge in [0.25, 0.3) is 0 Å². The van der Waals surface area contributed by atoms with E-state index in [1.807, 2.05) is 13.8 Å². The number of hydrogen-bond acceptors (Lipinski definition) is 2. The van der Waals surface area contributed by atoms with E-state index >= 15 is 0 Å². The third kappa shape index (κ3) is 5.80. The lowest BCUT2D eigenvalue weighted by Crippen LogP contribution is -2.41. The van der Waals surface area contributed by atoms with Crippen molar-refractivity contribution in [3.8, 4) is 0 Å². The van der Waals surface area contributed by atoms with Crippen molar-refractivity contribution in [2.24, 2.45) is 5.92 Å². The molecule has 88 valence electrons. The van der Waals surface area contributed by atoms with Gasteiger partial charge < -0.3 is 16.0 Å². The van der Waals surface area contributed by atoms with Crippen LogP contribution in [0, 0.1) is 5.92 Å². The van der Waals surface area contributed by atoms with Gasteiger partial charge in [0.05, 0.1) is 0 Å². The number of nitrogens with one attached hydrogen (secondary N) is 3. The molecule has 0 aromatic carbocycles. The van der Waals surface area contributed by atoms with Crippen LogP contribution in [0.2, 0.25) is 0 Å². The summed E-state index contributed by atoms with van der Waals surface area (Å²) in [6.45, 7) is 6.94. The molecule has 1 aliphatic rings. The fourth-order valence-electron chi connectivity index (χ4n) is 1.42. The van der Waals surface area contributed by atoms with Gasteiger partial charge in [0.1, 0.15) is 0 Å².